The van der Waals surface area contributed by atoms with E-state index in [0.29, 0.717) is 18.7 Å². The number of rotatable bonds is 8. The number of esters is 1. The quantitative estimate of drug-likeness (QED) is 0.683. The predicted molar refractivity (Wildman–Crippen MR) is 107 cm³/mol. The van der Waals surface area contributed by atoms with Gasteiger partial charge in [0.25, 0.3) is 5.91 Å². The monoisotopic (exact) mass is 404 g/mol. The molecule has 7 nitrogen and oxygen atoms in total. The van der Waals surface area contributed by atoms with Crippen LogP contribution < -0.4 is 4.72 Å². The van der Waals surface area contributed by atoms with E-state index < -0.39 is 22.1 Å². The molecular formula is C20H24N2O5S. The third kappa shape index (κ3) is 5.56. The van der Waals surface area contributed by atoms with Crippen LogP contribution in [0.5, 0.6) is 0 Å². The molecule has 0 aromatic heterocycles. The van der Waals surface area contributed by atoms with Crippen LogP contribution in [-0.2, 0) is 19.6 Å². The van der Waals surface area contributed by atoms with Crippen molar-refractivity contribution in [2.45, 2.75) is 20.0 Å². The standard InChI is InChI=1S/C20H24N2O5S/c1-4-22(5-2)19(23)18(15-11-7-6-8-12-15)27-20(24)16-13-9-10-14-17(16)21-28(3,25)26/h6-14,18,21H,4-5H2,1-3H3/t18-/m1/s1. The maximum absolute atomic E-state index is 12.9. The molecule has 1 N–H and O–H groups in total. The van der Waals surface area contributed by atoms with E-state index in [1.807, 2.05) is 13.8 Å². The van der Waals surface area contributed by atoms with Gasteiger partial charge in [0.1, 0.15) is 0 Å². The van der Waals surface area contributed by atoms with Gasteiger partial charge in [0.2, 0.25) is 16.1 Å². The highest BCUT2D eigenvalue weighted by atomic mass is 32.2. The second kappa shape index (κ2) is 9.36. The van der Waals surface area contributed by atoms with Crippen molar-refractivity contribution < 1.29 is 22.7 Å². The number of nitrogens with zero attached hydrogens (tertiary/aromatic N) is 1. The number of hydrogen-bond acceptors (Lipinski definition) is 5. The lowest BCUT2D eigenvalue weighted by molar-refractivity contribution is -0.140. The van der Waals surface area contributed by atoms with Gasteiger partial charge in [0, 0.05) is 18.7 Å². The minimum Gasteiger partial charge on any atom is -0.444 e. The summed E-state index contributed by atoms with van der Waals surface area (Å²) in [6.45, 7) is 4.64. The molecule has 0 saturated carbocycles. The van der Waals surface area contributed by atoms with Crippen molar-refractivity contribution in [2.24, 2.45) is 0 Å². The Bertz CT molecular complexity index is 925. The van der Waals surface area contributed by atoms with Crippen LogP contribution in [0.25, 0.3) is 0 Å². The van der Waals surface area contributed by atoms with Crippen LogP contribution >= 0.6 is 0 Å². The third-order valence-corrected chi connectivity index (χ3v) is 4.66. The SMILES string of the molecule is CCN(CC)C(=O)[C@H](OC(=O)c1ccccc1NS(C)(=O)=O)c1ccccc1. The Balaban J connectivity index is 2.37. The summed E-state index contributed by atoms with van der Waals surface area (Å²) in [6.07, 6.45) is -0.133. The molecule has 2 rings (SSSR count). The van der Waals surface area contributed by atoms with Gasteiger partial charge >= 0.3 is 5.97 Å². The van der Waals surface area contributed by atoms with E-state index in [-0.39, 0.29) is 17.2 Å². The average molecular weight is 404 g/mol. The molecule has 2 aromatic rings. The van der Waals surface area contributed by atoms with Gasteiger partial charge in [-0.25, -0.2) is 13.2 Å². The first-order valence-electron chi connectivity index (χ1n) is 8.88. The van der Waals surface area contributed by atoms with E-state index in [2.05, 4.69) is 4.72 Å². The molecule has 0 fully saturated rings. The minimum absolute atomic E-state index is 0.0289. The average Bonchev–Trinajstić information content (AvgIpc) is 2.66. The van der Waals surface area contributed by atoms with Gasteiger partial charge in [0.05, 0.1) is 17.5 Å². The van der Waals surface area contributed by atoms with E-state index in [1.54, 1.807) is 47.4 Å². The molecule has 0 heterocycles. The van der Waals surface area contributed by atoms with Gasteiger partial charge in [-0.15, -0.1) is 0 Å². The van der Waals surface area contributed by atoms with Gasteiger partial charge < -0.3 is 9.64 Å². The summed E-state index contributed by atoms with van der Waals surface area (Å²) in [7, 11) is -3.58. The third-order valence-electron chi connectivity index (χ3n) is 4.07. The highest BCUT2D eigenvalue weighted by molar-refractivity contribution is 7.92. The molecular weight excluding hydrogens is 380 g/mol. The van der Waals surface area contributed by atoms with Crippen molar-refractivity contribution in [1.29, 1.82) is 0 Å². The van der Waals surface area contributed by atoms with Gasteiger partial charge in [-0.1, -0.05) is 42.5 Å². The van der Waals surface area contributed by atoms with Crippen molar-refractivity contribution in [3.05, 3.63) is 65.7 Å². The first-order valence-corrected chi connectivity index (χ1v) is 10.8. The highest BCUT2D eigenvalue weighted by Crippen LogP contribution is 2.25. The van der Waals surface area contributed by atoms with E-state index in [0.717, 1.165) is 6.26 Å². The van der Waals surface area contributed by atoms with E-state index in [4.69, 9.17) is 4.74 Å². The van der Waals surface area contributed by atoms with Gasteiger partial charge in [0.15, 0.2) is 0 Å². The topological polar surface area (TPSA) is 92.8 Å². The van der Waals surface area contributed by atoms with Gasteiger partial charge in [-0.2, -0.15) is 0 Å². The molecule has 8 heteroatoms. The summed E-state index contributed by atoms with van der Waals surface area (Å²) in [5, 5.41) is 0. The maximum Gasteiger partial charge on any atom is 0.341 e. The highest BCUT2D eigenvalue weighted by Gasteiger charge is 2.29. The Hall–Kier alpha value is -2.87. The molecule has 0 radical (unpaired) electrons. The number of amides is 1. The van der Waals surface area contributed by atoms with Crippen molar-refractivity contribution in [3.8, 4) is 0 Å². The first-order chi connectivity index (χ1) is 13.3. The zero-order valence-electron chi connectivity index (χ0n) is 16.1. The van der Waals surface area contributed by atoms with Crippen LogP contribution in [0.1, 0.15) is 35.9 Å². The number of benzene rings is 2. The second-order valence-corrected chi connectivity index (χ2v) is 7.87. The lowest BCUT2D eigenvalue weighted by Gasteiger charge is -2.25. The summed E-state index contributed by atoms with van der Waals surface area (Å²) in [5.74, 6) is -1.13. The number of anilines is 1. The first kappa shape index (κ1) is 21.4. The maximum atomic E-state index is 12.9. The summed E-state index contributed by atoms with van der Waals surface area (Å²) in [5.41, 5.74) is 0.666. The predicted octanol–water partition coefficient (Wildman–Crippen LogP) is 2.82. The number of nitrogens with one attached hydrogen (secondary N) is 1. The number of hydrogen-bond donors (Lipinski definition) is 1. The minimum atomic E-state index is -3.58. The summed E-state index contributed by atoms with van der Waals surface area (Å²) < 4.78 is 31.0. The van der Waals surface area contributed by atoms with Gasteiger partial charge in [-0.3, -0.25) is 9.52 Å². The second-order valence-electron chi connectivity index (χ2n) is 6.13. The van der Waals surface area contributed by atoms with Crippen LogP contribution in [0.2, 0.25) is 0 Å². The van der Waals surface area contributed by atoms with Crippen molar-refractivity contribution >= 4 is 27.6 Å². The molecule has 1 atom stereocenters. The number of sulfonamides is 1. The van der Waals surface area contributed by atoms with Gasteiger partial charge in [-0.05, 0) is 26.0 Å². The molecule has 0 spiro atoms. The van der Waals surface area contributed by atoms with Crippen LogP contribution in [0.15, 0.2) is 54.6 Å². The Labute approximate surface area is 165 Å². The molecule has 1 amide bonds. The molecule has 0 aliphatic rings. The largest absolute Gasteiger partial charge is 0.444 e. The molecule has 0 aliphatic heterocycles. The number of carbonyl (C=O) groups is 2. The van der Waals surface area contributed by atoms with Crippen LogP contribution in [0, 0.1) is 0 Å². The number of likely N-dealkylation sites (N-methyl/N-ethyl adjacent to an activating group) is 1. The van der Waals surface area contributed by atoms with Crippen molar-refractivity contribution in [1.82, 2.24) is 4.90 Å². The van der Waals surface area contributed by atoms with E-state index >= 15 is 0 Å². The molecule has 0 bridgehead atoms. The number of para-hydroxylation sites is 1. The molecule has 0 unspecified atom stereocenters. The Morgan fingerprint density at radius 3 is 2.14 bits per heavy atom. The number of ether oxygens (including phenoxy) is 1. The van der Waals surface area contributed by atoms with Crippen LogP contribution in [0.4, 0.5) is 5.69 Å². The Morgan fingerprint density at radius 2 is 1.57 bits per heavy atom. The molecule has 0 aliphatic carbocycles. The summed E-state index contributed by atoms with van der Waals surface area (Å²) in [6, 6.07) is 14.8. The van der Waals surface area contributed by atoms with E-state index in [1.165, 1.54) is 12.1 Å². The zero-order chi connectivity index (χ0) is 20.7. The fourth-order valence-corrected chi connectivity index (χ4v) is 3.29. The Kier molecular flexibility index (Phi) is 7.17. The molecule has 0 saturated heterocycles. The van der Waals surface area contributed by atoms with Crippen LogP contribution in [-0.4, -0.2) is 44.5 Å². The molecule has 2 aromatic carbocycles. The fraction of sp³-hybridized carbons (Fsp3) is 0.300. The molecule has 28 heavy (non-hydrogen) atoms. The molecule has 150 valence electrons. The smallest absolute Gasteiger partial charge is 0.341 e. The Morgan fingerprint density at radius 1 is 1.00 bits per heavy atom. The van der Waals surface area contributed by atoms with Crippen molar-refractivity contribution in [2.75, 3.05) is 24.1 Å². The van der Waals surface area contributed by atoms with Crippen LogP contribution in [0.3, 0.4) is 0 Å². The number of carbonyl (C=O) groups excluding carboxylic acids is 2. The fourth-order valence-electron chi connectivity index (χ4n) is 2.71. The van der Waals surface area contributed by atoms with Crippen molar-refractivity contribution in [3.63, 3.8) is 0 Å². The lowest BCUT2D eigenvalue weighted by Crippen LogP contribution is -2.36. The van der Waals surface area contributed by atoms with E-state index in [9.17, 15) is 18.0 Å². The lowest BCUT2D eigenvalue weighted by atomic mass is 10.1. The normalized spacial score (nSPS) is 12.1. The zero-order valence-corrected chi connectivity index (χ0v) is 16.9. The summed E-state index contributed by atoms with van der Waals surface area (Å²) in [4.78, 5) is 27.3. The summed E-state index contributed by atoms with van der Waals surface area (Å²) >= 11 is 0.